The zero-order chi connectivity index (χ0) is 14.8. The van der Waals surface area contributed by atoms with Crippen molar-refractivity contribution in [3.8, 4) is 22.9 Å². The molecular formula is C17H18N2O2. The van der Waals surface area contributed by atoms with Gasteiger partial charge in [-0.3, -0.25) is 0 Å². The molecule has 0 aliphatic rings. The van der Waals surface area contributed by atoms with Crippen LogP contribution < -0.4 is 9.47 Å². The third kappa shape index (κ3) is 2.44. The highest BCUT2D eigenvalue weighted by Gasteiger charge is 2.14. The molecule has 21 heavy (non-hydrogen) atoms. The SMILES string of the molecule is CCOc1cccc(-c2nc3ccc(C)cc3[nH]2)c1OC. The van der Waals surface area contributed by atoms with Crippen LogP contribution in [-0.2, 0) is 0 Å². The third-order valence-electron chi connectivity index (χ3n) is 3.38. The summed E-state index contributed by atoms with van der Waals surface area (Å²) in [6, 6.07) is 12.0. The number of imidazole rings is 1. The van der Waals surface area contributed by atoms with E-state index in [0.29, 0.717) is 12.4 Å². The van der Waals surface area contributed by atoms with E-state index in [1.54, 1.807) is 7.11 Å². The van der Waals surface area contributed by atoms with E-state index < -0.39 is 0 Å². The van der Waals surface area contributed by atoms with E-state index in [0.717, 1.165) is 28.2 Å². The largest absolute Gasteiger partial charge is 0.492 e. The van der Waals surface area contributed by atoms with Gasteiger partial charge < -0.3 is 14.5 Å². The molecule has 0 fully saturated rings. The van der Waals surface area contributed by atoms with E-state index in [2.05, 4.69) is 29.0 Å². The van der Waals surface area contributed by atoms with E-state index >= 15 is 0 Å². The lowest BCUT2D eigenvalue weighted by Crippen LogP contribution is -1.97. The number of aromatic amines is 1. The number of para-hydroxylation sites is 1. The molecule has 108 valence electrons. The van der Waals surface area contributed by atoms with Crippen LogP contribution in [0.25, 0.3) is 22.4 Å². The maximum Gasteiger partial charge on any atom is 0.171 e. The lowest BCUT2D eigenvalue weighted by molar-refractivity contribution is 0.311. The van der Waals surface area contributed by atoms with Gasteiger partial charge in [0, 0.05) is 0 Å². The fourth-order valence-corrected chi connectivity index (χ4v) is 2.43. The van der Waals surface area contributed by atoms with Gasteiger partial charge in [0.1, 0.15) is 5.82 Å². The molecule has 0 atom stereocenters. The minimum atomic E-state index is 0.596. The van der Waals surface area contributed by atoms with Gasteiger partial charge in [0.15, 0.2) is 11.5 Å². The fourth-order valence-electron chi connectivity index (χ4n) is 2.43. The summed E-state index contributed by atoms with van der Waals surface area (Å²) in [5.74, 6) is 2.22. The molecule has 0 aliphatic carbocycles. The maximum absolute atomic E-state index is 5.62. The molecule has 1 heterocycles. The molecule has 0 saturated heterocycles. The average Bonchev–Trinajstić information content (AvgIpc) is 2.90. The van der Waals surface area contributed by atoms with Crippen LogP contribution in [0.1, 0.15) is 12.5 Å². The van der Waals surface area contributed by atoms with Gasteiger partial charge in [-0.2, -0.15) is 0 Å². The van der Waals surface area contributed by atoms with Gasteiger partial charge in [0.2, 0.25) is 0 Å². The fraction of sp³-hybridized carbons (Fsp3) is 0.235. The van der Waals surface area contributed by atoms with Crippen LogP contribution in [0.4, 0.5) is 0 Å². The summed E-state index contributed by atoms with van der Waals surface area (Å²) in [5.41, 5.74) is 4.07. The van der Waals surface area contributed by atoms with Crippen LogP contribution >= 0.6 is 0 Å². The van der Waals surface area contributed by atoms with Crippen LogP contribution in [0.2, 0.25) is 0 Å². The number of nitrogens with zero attached hydrogens (tertiary/aromatic N) is 1. The number of aryl methyl sites for hydroxylation is 1. The van der Waals surface area contributed by atoms with Crippen molar-refractivity contribution in [3.63, 3.8) is 0 Å². The lowest BCUT2D eigenvalue weighted by atomic mass is 10.1. The summed E-state index contributed by atoms with van der Waals surface area (Å²) in [5, 5.41) is 0. The Morgan fingerprint density at radius 1 is 1.19 bits per heavy atom. The highest BCUT2D eigenvalue weighted by Crippen LogP contribution is 2.37. The van der Waals surface area contributed by atoms with E-state index in [4.69, 9.17) is 9.47 Å². The van der Waals surface area contributed by atoms with Crippen LogP contribution in [0.5, 0.6) is 11.5 Å². The number of H-pyrrole nitrogens is 1. The molecule has 0 spiro atoms. The molecule has 0 saturated carbocycles. The Morgan fingerprint density at radius 3 is 2.81 bits per heavy atom. The van der Waals surface area contributed by atoms with Gasteiger partial charge in [-0.25, -0.2) is 4.98 Å². The van der Waals surface area contributed by atoms with Gasteiger partial charge in [0.25, 0.3) is 0 Å². The highest BCUT2D eigenvalue weighted by molar-refractivity contribution is 5.82. The molecule has 1 aromatic heterocycles. The number of methoxy groups -OCH3 is 1. The molecule has 0 amide bonds. The minimum Gasteiger partial charge on any atom is -0.492 e. The summed E-state index contributed by atoms with van der Waals surface area (Å²) < 4.78 is 11.1. The van der Waals surface area contributed by atoms with Gasteiger partial charge >= 0.3 is 0 Å². The first kappa shape index (κ1) is 13.5. The van der Waals surface area contributed by atoms with Gasteiger partial charge in [-0.15, -0.1) is 0 Å². The Kier molecular flexibility index (Phi) is 3.52. The van der Waals surface area contributed by atoms with Gasteiger partial charge in [-0.1, -0.05) is 12.1 Å². The van der Waals surface area contributed by atoms with E-state index in [-0.39, 0.29) is 0 Å². The number of aromatic nitrogens is 2. The topological polar surface area (TPSA) is 47.1 Å². The first-order valence-electron chi connectivity index (χ1n) is 6.99. The number of nitrogens with one attached hydrogen (secondary N) is 1. The van der Waals surface area contributed by atoms with Crippen molar-refractivity contribution in [1.82, 2.24) is 9.97 Å². The Morgan fingerprint density at radius 2 is 2.05 bits per heavy atom. The average molecular weight is 282 g/mol. The highest BCUT2D eigenvalue weighted by atomic mass is 16.5. The summed E-state index contributed by atoms with van der Waals surface area (Å²) in [6.07, 6.45) is 0. The standard InChI is InChI=1S/C17H18N2O2/c1-4-21-15-7-5-6-12(16(15)20-3)17-18-13-9-8-11(2)10-14(13)19-17/h5-10H,4H2,1-3H3,(H,18,19). The molecule has 3 rings (SSSR count). The van der Waals surface area contributed by atoms with Crippen molar-refractivity contribution >= 4 is 11.0 Å². The Labute approximate surface area is 123 Å². The second kappa shape index (κ2) is 5.48. The third-order valence-corrected chi connectivity index (χ3v) is 3.38. The molecule has 2 aromatic carbocycles. The number of hydrogen-bond acceptors (Lipinski definition) is 3. The quantitative estimate of drug-likeness (QED) is 0.788. The molecular weight excluding hydrogens is 264 g/mol. The summed E-state index contributed by atoms with van der Waals surface area (Å²) >= 11 is 0. The summed E-state index contributed by atoms with van der Waals surface area (Å²) in [6.45, 7) is 4.62. The van der Waals surface area contributed by atoms with Crippen LogP contribution in [0.3, 0.4) is 0 Å². The van der Waals surface area contributed by atoms with Crippen molar-refractivity contribution in [2.45, 2.75) is 13.8 Å². The van der Waals surface area contributed by atoms with Crippen LogP contribution in [-0.4, -0.2) is 23.7 Å². The van der Waals surface area contributed by atoms with E-state index in [1.165, 1.54) is 5.56 Å². The summed E-state index contributed by atoms with van der Waals surface area (Å²) in [4.78, 5) is 7.99. The van der Waals surface area contributed by atoms with Crippen molar-refractivity contribution in [3.05, 3.63) is 42.0 Å². The second-order valence-corrected chi connectivity index (χ2v) is 4.88. The van der Waals surface area contributed by atoms with Gasteiger partial charge in [-0.05, 0) is 43.7 Å². The van der Waals surface area contributed by atoms with Crippen LogP contribution in [0, 0.1) is 6.92 Å². The smallest absolute Gasteiger partial charge is 0.171 e. The van der Waals surface area contributed by atoms with E-state index in [9.17, 15) is 0 Å². The first-order valence-corrected chi connectivity index (χ1v) is 6.99. The maximum atomic E-state index is 5.62. The number of fused-ring (bicyclic) bond motifs is 1. The number of hydrogen-bond donors (Lipinski definition) is 1. The predicted molar refractivity (Wildman–Crippen MR) is 84.0 cm³/mol. The lowest BCUT2D eigenvalue weighted by Gasteiger charge is -2.12. The van der Waals surface area contributed by atoms with E-state index in [1.807, 2.05) is 31.2 Å². The monoisotopic (exact) mass is 282 g/mol. The van der Waals surface area contributed by atoms with Crippen LogP contribution in [0.15, 0.2) is 36.4 Å². The molecule has 4 nitrogen and oxygen atoms in total. The number of ether oxygens (including phenoxy) is 2. The Bertz CT molecular complexity index is 778. The van der Waals surface area contributed by atoms with Crippen molar-refractivity contribution in [2.24, 2.45) is 0 Å². The molecule has 0 aliphatic heterocycles. The zero-order valence-electron chi connectivity index (χ0n) is 12.4. The second-order valence-electron chi connectivity index (χ2n) is 4.88. The molecule has 0 unspecified atom stereocenters. The minimum absolute atomic E-state index is 0.596. The van der Waals surface area contributed by atoms with Crippen molar-refractivity contribution in [1.29, 1.82) is 0 Å². The normalized spacial score (nSPS) is 10.8. The summed E-state index contributed by atoms with van der Waals surface area (Å²) in [7, 11) is 1.65. The molecule has 1 N–H and O–H groups in total. The molecule has 0 radical (unpaired) electrons. The van der Waals surface area contributed by atoms with Crippen molar-refractivity contribution < 1.29 is 9.47 Å². The predicted octanol–water partition coefficient (Wildman–Crippen LogP) is 3.95. The zero-order valence-corrected chi connectivity index (χ0v) is 12.4. The van der Waals surface area contributed by atoms with Crippen molar-refractivity contribution in [2.75, 3.05) is 13.7 Å². The molecule has 3 aromatic rings. The number of benzene rings is 2. The molecule has 4 heteroatoms. The first-order chi connectivity index (χ1) is 10.2. The van der Waals surface area contributed by atoms with Gasteiger partial charge in [0.05, 0.1) is 30.3 Å². The Balaban J connectivity index is 2.15. The Hall–Kier alpha value is -2.49. The number of rotatable bonds is 4. The molecule has 0 bridgehead atoms.